The molecule has 1 saturated heterocycles. The van der Waals surface area contributed by atoms with Crippen molar-refractivity contribution < 1.29 is 4.74 Å². The summed E-state index contributed by atoms with van der Waals surface area (Å²) in [7, 11) is 1.68. The second-order valence-corrected chi connectivity index (χ2v) is 3.29. The number of pyridine rings is 1. The van der Waals surface area contributed by atoms with Gasteiger partial charge in [-0.1, -0.05) is 0 Å². The number of ether oxygens (including phenoxy) is 1. The molecule has 0 amide bonds. The zero-order valence-electron chi connectivity index (χ0n) is 9.59. The van der Waals surface area contributed by atoms with Crippen molar-refractivity contribution >= 4 is 43.0 Å². The van der Waals surface area contributed by atoms with Crippen LogP contribution in [-0.4, -0.2) is 38.3 Å². The molecule has 0 atom stereocenters. The molecular formula is C10H18Cl3N3O. The zero-order valence-corrected chi connectivity index (χ0v) is 12.0. The van der Waals surface area contributed by atoms with Crippen LogP contribution in [-0.2, 0) is 0 Å². The minimum Gasteiger partial charge on any atom is -0.497 e. The summed E-state index contributed by atoms with van der Waals surface area (Å²) in [6.07, 6.45) is 1.79. The molecule has 0 spiro atoms. The van der Waals surface area contributed by atoms with Crippen LogP contribution in [0.15, 0.2) is 18.3 Å². The normalized spacial score (nSPS) is 13.8. The van der Waals surface area contributed by atoms with Crippen molar-refractivity contribution in [3.8, 4) is 5.75 Å². The summed E-state index contributed by atoms with van der Waals surface area (Å²) in [4.78, 5) is 6.59. The van der Waals surface area contributed by atoms with Gasteiger partial charge in [-0.2, -0.15) is 0 Å². The first-order valence-corrected chi connectivity index (χ1v) is 4.86. The monoisotopic (exact) mass is 301 g/mol. The molecule has 0 aliphatic carbocycles. The maximum atomic E-state index is 5.16. The second kappa shape index (κ2) is 9.59. The van der Waals surface area contributed by atoms with Crippen molar-refractivity contribution in [2.75, 3.05) is 38.2 Å². The van der Waals surface area contributed by atoms with Crippen molar-refractivity contribution in [3.05, 3.63) is 18.3 Å². The van der Waals surface area contributed by atoms with Crippen molar-refractivity contribution in [3.63, 3.8) is 0 Å². The van der Waals surface area contributed by atoms with Crippen LogP contribution in [0.25, 0.3) is 0 Å². The van der Waals surface area contributed by atoms with Gasteiger partial charge in [0.25, 0.3) is 0 Å². The molecule has 100 valence electrons. The summed E-state index contributed by atoms with van der Waals surface area (Å²) in [6, 6.07) is 3.84. The van der Waals surface area contributed by atoms with Crippen LogP contribution in [0.3, 0.4) is 0 Å². The predicted molar refractivity (Wildman–Crippen MR) is 77.6 cm³/mol. The first-order chi connectivity index (χ1) is 6.90. The van der Waals surface area contributed by atoms with Gasteiger partial charge < -0.3 is 15.0 Å². The molecule has 0 bridgehead atoms. The van der Waals surface area contributed by atoms with Gasteiger partial charge in [0.05, 0.1) is 7.11 Å². The number of halogens is 3. The van der Waals surface area contributed by atoms with Crippen molar-refractivity contribution in [2.45, 2.75) is 0 Å². The number of hydrogen-bond donors (Lipinski definition) is 1. The fourth-order valence-corrected chi connectivity index (χ4v) is 1.59. The van der Waals surface area contributed by atoms with Gasteiger partial charge in [-0.05, 0) is 6.07 Å². The zero-order chi connectivity index (χ0) is 9.80. The van der Waals surface area contributed by atoms with Gasteiger partial charge in [0.15, 0.2) is 0 Å². The number of piperazine rings is 1. The summed E-state index contributed by atoms with van der Waals surface area (Å²) in [5, 5.41) is 3.31. The molecule has 1 N–H and O–H groups in total. The van der Waals surface area contributed by atoms with Crippen molar-refractivity contribution in [1.82, 2.24) is 10.3 Å². The Morgan fingerprint density at radius 3 is 2.47 bits per heavy atom. The molecule has 1 fully saturated rings. The minimum atomic E-state index is 0. The lowest BCUT2D eigenvalue weighted by atomic mass is 10.3. The van der Waals surface area contributed by atoms with E-state index in [0.29, 0.717) is 0 Å². The molecule has 1 aromatic heterocycles. The molecule has 0 unspecified atom stereocenters. The SMILES string of the molecule is COc1ccnc(N2CCNCC2)c1.Cl.Cl.Cl. The molecule has 1 aromatic rings. The molecule has 2 rings (SSSR count). The average molecular weight is 303 g/mol. The Morgan fingerprint density at radius 2 is 1.88 bits per heavy atom. The second-order valence-electron chi connectivity index (χ2n) is 3.29. The lowest BCUT2D eigenvalue weighted by Crippen LogP contribution is -2.43. The highest BCUT2D eigenvalue weighted by molar-refractivity contribution is 5.86. The summed E-state index contributed by atoms with van der Waals surface area (Å²) in [5.41, 5.74) is 0. The maximum absolute atomic E-state index is 5.16. The Morgan fingerprint density at radius 1 is 1.24 bits per heavy atom. The first kappa shape index (κ1) is 18.9. The quantitative estimate of drug-likeness (QED) is 0.903. The van der Waals surface area contributed by atoms with E-state index >= 15 is 0 Å². The number of hydrogen-bond acceptors (Lipinski definition) is 4. The van der Waals surface area contributed by atoms with Gasteiger partial charge in [-0.25, -0.2) is 4.98 Å². The summed E-state index contributed by atoms with van der Waals surface area (Å²) in [6.45, 7) is 4.08. The van der Waals surface area contributed by atoms with E-state index in [9.17, 15) is 0 Å². The molecule has 4 nitrogen and oxygen atoms in total. The minimum absolute atomic E-state index is 0. The maximum Gasteiger partial charge on any atom is 0.132 e. The predicted octanol–water partition coefficient (Wildman–Crippen LogP) is 1.77. The fourth-order valence-electron chi connectivity index (χ4n) is 1.59. The number of methoxy groups -OCH3 is 1. The Bertz CT molecular complexity index is 309. The van der Waals surface area contributed by atoms with Gasteiger partial charge >= 0.3 is 0 Å². The summed E-state index contributed by atoms with van der Waals surface area (Å²) >= 11 is 0. The smallest absolute Gasteiger partial charge is 0.132 e. The molecule has 0 radical (unpaired) electrons. The fraction of sp³-hybridized carbons (Fsp3) is 0.500. The number of nitrogens with one attached hydrogen (secondary N) is 1. The summed E-state index contributed by atoms with van der Waals surface area (Å²) < 4.78 is 5.16. The third-order valence-corrected chi connectivity index (χ3v) is 2.39. The molecule has 1 aliphatic rings. The van der Waals surface area contributed by atoms with Crippen LogP contribution in [0.2, 0.25) is 0 Å². The summed E-state index contributed by atoms with van der Waals surface area (Å²) in [5.74, 6) is 1.87. The van der Waals surface area contributed by atoms with Gasteiger partial charge in [-0.3, -0.25) is 0 Å². The highest BCUT2D eigenvalue weighted by Crippen LogP contribution is 2.17. The van der Waals surface area contributed by atoms with E-state index in [4.69, 9.17) is 4.74 Å². The van der Waals surface area contributed by atoms with Crippen LogP contribution in [0.4, 0.5) is 5.82 Å². The Balaban J connectivity index is 0. The van der Waals surface area contributed by atoms with Crippen LogP contribution in [0.1, 0.15) is 0 Å². The molecule has 7 heteroatoms. The van der Waals surface area contributed by atoms with Crippen molar-refractivity contribution in [2.24, 2.45) is 0 Å². The molecule has 17 heavy (non-hydrogen) atoms. The van der Waals surface area contributed by atoms with Crippen molar-refractivity contribution in [1.29, 1.82) is 0 Å². The van der Waals surface area contributed by atoms with Crippen LogP contribution < -0.4 is 15.0 Å². The van der Waals surface area contributed by atoms with Crippen LogP contribution in [0, 0.1) is 0 Å². The molecule has 2 heterocycles. The van der Waals surface area contributed by atoms with Crippen LogP contribution in [0.5, 0.6) is 5.75 Å². The highest BCUT2D eigenvalue weighted by Gasteiger charge is 2.11. The third-order valence-electron chi connectivity index (χ3n) is 2.39. The Labute approximate surface area is 120 Å². The van der Waals surface area contributed by atoms with Gasteiger partial charge in [0, 0.05) is 38.4 Å². The topological polar surface area (TPSA) is 37.4 Å². The number of nitrogens with zero attached hydrogens (tertiary/aromatic N) is 2. The molecule has 1 aliphatic heterocycles. The van der Waals surface area contributed by atoms with Crippen LogP contribution >= 0.6 is 37.2 Å². The first-order valence-electron chi connectivity index (χ1n) is 4.86. The number of aromatic nitrogens is 1. The Hall–Kier alpha value is -0.420. The standard InChI is InChI=1S/C10H15N3O.3ClH/c1-14-9-2-3-12-10(8-9)13-6-4-11-5-7-13;;;/h2-3,8,11H,4-7H2,1H3;3*1H. The molecule has 0 saturated carbocycles. The van der Waals surface area contributed by atoms with E-state index in [1.54, 1.807) is 13.3 Å². The number of anilines is 1. The van der Waals surface area contributed by atoms with E-state index in [0.717, 1.165) is 37.7 Å². The molecule has 0 aromatic carbocycles. The van der Waals surface area contributed by atoms with E-state index in [1.807, 2.05) is 12.1 Å². The lowest BCUT2D eigenvalue weighted by molar-refractivity contribution is 0.414. The highest BCUT2D eigenvalue weighted by atomic mass is 35.5. The largest absolute Gasteiger partial charge is 0.497 e. The third kappa shape index (κ3) is 5.17. The van der Waals surface area contributed by atoms with Gasteiger partial charge in [0.2, 0.25) is 0 Å². The van der Waals surface area contributed by atoms with Gasteiger partial charge in [0.1, 0.15) is 11.6 Å². The van der Waals surface area contributed by atoms with Gasteiger partial charge in [-0.15, -0.1) is 37.2 Å². The average Bonchev–Trinajstić information content (AvgIpc) is 2.30. The van der Waals surface area contributed by atoms with E-state index in [-0.39, 0.29) is 37.2 Å². The van der Waals surface area contributed by atoms with E-state index in [1.165, 1.54) is 0 Å². The van der Waals surface area contributed by atoms with E-state index < -0.39 is 0 Å². The molecular weight excluding hydrogens is 284 g/mol. The Kier molecular flexibility index (Phi) is 10.7. The lowest BCUT2D eigenvalue weighted by Gasteiger charge is -2.28. The number of rotatable bonds is 2. The van der Waals surface area contributed by atoms with E-state index in [2.05, 4.69) is 15.2 Å².